The van der Waals surface area contributed by atoms with Gasteiger partial charge in [-0.05, 0) is 71.4 Å². The van der Waals surface area contributed by atoms with Crippen LogP contribution in [0.4, 0.5) is 33.7 Å². The molecule has 2 aliphatic heterocycles. The number of hydrogen-bond donors (Lipinski definition) is 4. The zero-order valence-electron chi connectivity index (χ0n) is 31.4. The van der Waals surface area contributed by atoms with E-state index in [-0.39, 0.29) is 63.9 Å². The number of hydrogen-bond acceptors (Lipinski definition) is 9. The number of ether oxygens (including phenoxy) is 1. The lowest BCUT2D eigenvalue weighted by atomic mass is 10.1. The second-order valence-electron chi connectivity index (χ2n) is 16.0. The van der Waals surface area contributed by atoms with Crippen molar-refractivity contribution in [2.75, 3.05) is 36.0 Å². The van der Waals surface area contributed by atoms with Gasteiger partial charge in [0.1, 0.15) is 39.7 Å². The SMILES string of the molecule is CC(C)(C)OC(=O)NC1CCN(c2c(F)cc3c(=O)c(C(=O)O)cn(C4CC4)c3c2F)C1.NC1CCN(c2c(F)cc3c(=O)c(C(=O)O)cn(C4CC4)c3c2F)C1. The number of nitrogens with zero attached hydrogens (tertiary/aromatic N) is 4. The fraction of sp³-hybridized carbons (Fsp3) is 0.462. The van der Waals surface area contributed by atoms with Crippen LogP contribution in [-0.4, -0.2) is 81.2 Å². The average Bonchev–Trinajstić information content (AvgIpc) is 4.05. The third-order valence-electron chi connectivity index (χ3n) is 10.5. The minimum absolute atomic E-state index is 0.0330. The van der Waals surface area contributed by atoms with Gasteiger partial charge in [0.15, 0.2) is 11.6 Å². The molecular weight excluding hydrogens is 756 g/mol. The number of nitrogens with one attached hydrogen (secondary N) is 1. The number of halogens is 4. The number of pyridine rings is 2. The van der Waals surface area contributed by atoms with E-state index in [1.54, 1.807) is 25.7 Å². The Hall–Kier alpha value is -5.65. The molecule has 5 N–H and O–H groups in total. The average molecular weight is 799 g/mol. The number of benzene rings is 2. The Labute approximate surface area is 322 Å². The van der Waals surface area contributed by atoms with Crippen LogP contribution in [0.3, 0.4) is 0 Å². The number of carboxylic acids is 2. The minimum atomic E-state index is -1.44. The normalized spacial score (nSPS) is 19.5. The molecule has 0 bridgehead atoms. The van der Waals surface area contributed by atoms with E-state index in [9.17, 15) is 38.6 Å². The third-order valence-corrected chi connectivity index (χ3v) is 10.5. The van der Waals surface area contributed by atoms with Crippen molar-refractivity contribution in [1.29, 1.82) is 0 Å². The molecule has 2 aliphatic carbocycles. The van der Waals surface area contributed by atoms with Gasteiger partial charge in [-0.25, -0.2) is 31.9 Å². The molecule has 2 aromatic carbocycles. The number of carboxylic acid groups (broad SMARTS) is 2. The number of rotatable bonds is 7. The Morgan fingerprint density at radius 3 is 1.56 bits per heavy atom. The zero-order valence-corrected chi connectivity index (χ0v) is 31.4. The summed E-state index contributed by atoms with van der Waals surface area (Å²) in [6.45, 7) is 6.44. The van der Waals surface area contributed by atoms with E-state index < -0.39 is 68.9 Å². The molecule has 4 heterocycles. The molecular formula is C39H42F4N6O8. The molecule has 0 radical (unpaired) electrons. The predicted molar refractivity (Wildman–Crippen MR) is 202 cm³/mol. The van der Waals surface area contributed by atoms with Crippen LogP contribution in [0.25, 0.3) is 21.8 Å². The van der Waals surface area contributed by atoms with Gasteiger partial charge in [-0.15, -0.1) is 0 Å². The summed E-state index contributed by atoms with van der Waals surface area (Å²) in [7, 11) is 0. The predicted octanol–water partition coefficient (Wildman–Crippen LogP) is 5.27. The highest BCUT2D eigenvalue weighted by Gasteiger charge is 2.35. The van der Waals surface area contributed by atoms with Crippen LogP contribution in [0.1, 0.15) is 92.1 Å². The van der Waals surface area contributed by atoms with Gasteiger partial charge in [-0.1, -0.05) is 0 Å². The van der Waals surface area contributed by atoms with Crippen LogP contribution in [0, 0.1) is 23.3 Å². The van der Waals surface area contributed by atoms with Crippen LogP contribution in [0.2, 0.25) is 0 Å². The number of aromatic nitrogens is 2. The van der Waals surface area contributed by atoms with Gasteiger partial charge in [-0.3, -0.25) is 9.59 Å². The molecule has 2 aromatic heterocycles. The summed E-state index contributed by atoms with van der Waals surface area (Å²) in [5.41, 5.74) is 1.77. The van der Waals surface area contributed by atoms with Crippen molar-refractivity contribution >= 4 is 51.2 Å². The summed E-state index contributed by atoms with van der Waals surface area (Å²) in [6, 6.07) is 1.13. The maximum absolute atomic E-state index is 15.7. The first kappa shape index (κ1) is 39.6. The highest BCUT2D eigenvalue weighted by Crippen LogP contribution is 2.41. The van der Waals surface area contributed by atoms with Crippen molar-refractivity contribution in [2.45, 2.75) is 89.1 Å². The molecule has 8 rings (SSSR count). The van der Waals surface area contributed by atoms with Crippen molar-refractivity contribution in [3.8, 4) is 0 Å². The van der Waals surface area contributed by atoms with E-state index >= 15 is 13.2 Å². The van der Waals surface area contributed by atoms with E-state index in [1.807, 2.05) is 0 Å². The molecule has 304 valence electrons. The second kappa shape index (κ2) is 14.7. The minimum Gasteiger partial charge on any atom is -0.477 e. The first-order valence-corrected chi connectivity index (χ1v) is 18.7. The lowest BCUT2D eigenvalue weighted by Crippen LogP contribution is -2.40. The monoisotopic (exact) mass is 798 g/mol. The number of anilines is 2. The summed E-state index contributed by atoms with van der Waals surface area (Å²) in [4.78, 5) is 62.8. The number of nitrogens with two attached hydrogens (primary N) is 1. The molecule has 0 spiro atoms. The first-order valence-electron chi connectivity index (χ1n) is 18.7. The van der Waals surface area contributed by atoms with E-state index in [1.165, 1.54) is 20.2 Å². The van der Waals surface area contributed by atoms with Gasteiger partial charge in [0, 0.05) is 56.7 Å². The van der Waals surface area contributed by atoms with Crippen molar-refractivity contribution in [3.63, 3.8) is 0 Å². The number of carbonyl (C=O) groups excluding carboxylic acids is 1. The van der Waals surface area contributed by atoms with Crippen molar-refractivity contribution < 1.29 is 46.9 Å². The molecule has 14 nitrogen and oxygen atoms in total. The van der Waals surface area contributed by atoms with Crippen LogP contribution < -0.4 is 31.7 Å². The van der Waals surface area contributed by atoms with Crippen molar-refractivity contribution in [1.82, 2.24) is 14.5 Å². The Kier molecular flexibility index (Phi) is 10.2. The van der Waals surface area contributed by atoms with Crippen LogP contribution in [-0.2, 0) is 4.74 Å². The molecule has 2 unspecified atom stereocenters. The molecule has 57 heavy (non-hydrogen) atoms. The van der Waals surface area contributed by atoms with Crippen LogP contribution >= 0.6 is 0 Å². The highest BCUT2D eigenvalue weighted by atomic mass is 19.1. The van der Waals surface area contributed by atoms with Crippen LogP contribution in [0.15, 0.2) is 34.1 Å². The lowest BCUT2D eigenvalue weighted by molar-refractivity contribution is 0.0507. The lowest BCUT2D eigenvalue weighted by Gasteiger charge is -2.24. The molecule has 4 fully saturated rings. The molecule has 2 atom stereocenters. The number of fused-ring (bicyclic) bond motifs is 2. The largest absolute Gasteiger partial charge is 0.477 e. The highest BCUT2D eigenvalue weighted by molar-refractivity contribution is 5.95. The molecule has 18 heteroatoms. The summed E-state index contributed by atoms with van der Waals surface area (Å²) >= 11 is 0. The molecule has 2 saturated carbocycles. The van der Waals surface area contributed by atoms with E-state index in [0.29, 0.717) is 32.5 Å². The Bertz CT molecular complexity index is 2460. The number of amides is 1. The Morgan fingerprint density at radius 1 is 0.737 bits per heavy atom. The van der Waals surface area contributed by atoms with Crippen LogP contribution in [0.5, 0.6) is 0 Å². The number of alkyl carbamates (subject to hydrolysis) is 1. The maximum atomic E-state index is 15.7. The van der Waals surface area contributed by atoms with Gasteiger partial charge in [0.25, 0.3) is 0 Å². The quantitative estimate of drug-likeness (QED) is 0.179. The summed E-state index contributed by atoms with van der Waals surface area (Å²) in [5, 5.41) is 20.7. The van der Waals surface area contributed by atoms with E-state index in [4.69, 9.17) is 10.5 Å². The summed E-state index contributed by atoms with van der Waals surface area (Å²) < 4.78 is 68.7. The smallest absolute Gasteiger partial charge is 0.407 e. The van der Waals surface area contributed by atoms with Crippen molar-refractivity contribution in [3.05, 3.63) is 79.4 Å². The molecule has 1 amide bonds. The topological polar surface area (TPSA) is 189 Å². The fourth-order valence-electron chi connectivity index (χ4n) is 7.57. The van der Waals surface area contributed by atoms with Gasteiger partial charge >= 0.3 is 18.0 Å². The second-order valence-corrected chi connectivity index (χ2v) is 16.0. The fourth-order valence-corrected chi connectivity index (χ4v) is 7.57. The molecule has 2 saturated heterocycles. The van der Waals surface area contributed by atoms with E-state index in [2.05, 4.69) is 5.32 Å². The first-order chi connectivity index (χ1) is 26.8. The zero-order chi connectivity index (χ0) is 41.2. The third kappa shape index (κ3) is 7.74. The number of carbonyl (C=O) groups is 3. The van der Waals surface area contributed by atoms with Gasteiger partial charge < -0.3 is 44.9 Å². The summed E-state index contributed by atoms with van der Waals surface area (Å²) in [5.74, 6) is -6.40. The standard InChI is InChI=1S/C22H25F2N3O5.C17H17F2N3O3/c1-22(2,3)32-21(31)25-11-6-7-26(9-11)18-15(23)8-13-17(16(18)24)27(12-4-5-12)10-14(19(13)28)20(29)30;18-12-5-10-14(13(19)15(12)21-4-3-8(20)6-21)22(9-1-2-9)7-11(16(10)23)17(24)25/h8,10-12H,4-7,9H2,1-3H3,(H,25,31)(H,29,30);5,7-9H,1-4,6,20H2,(H,24,25). The maximum Gasteiger partial charge on any atom is 0.407 e. The van der Waals surface area contributed by atoms with Crippen molar-refractivity contribution in [2.24, 2.45) is 5.73 Å². The number of aromatic carboxylic acids is 2. The summed E-state index contributed by atoms with van der Waals surface area (Å²) in [6.07, 6.45) is 5.76. The Morgan fingerprint density at radius 2 is 1.18 bits per heavy atom. The van der Waals surface area contributed by atoms with E-state index in [0.717, 1.165) is 44.0 Å². The molecule has 4 aliphatic rings. The Balaban J connectivity index is 0.000000179. The molecule has 4 aromatic rings. The van der Waals surface area contributed by atoms with Gasteiger partial charge in [0.2, 0.25) is 10.9 Å². The van der Waals surface area contributed by atoms with Gasteiger partial charge in [-0.2, -0.15) is 0 Å². The van der Waals surface area contributed by atoms with Gasteiger partial charge in [0.05, 0.1) is 27.8 Å².